The second kappa shape index (κ2) is 6.92. The van der Waals surface area contributed by atoms with Gasteiger partial charge in [-0.3, -0.25) is 4.79 Å². The van der Waals surface area contributed by atoms with Crippen LogP contribution in [0.4, 0.5) is 4.79 Å². The quantitative estimate of drug-likeness (QED) is 0.810. The van der Waals surface area contributed by atoms with Crippen molar-refractivity contribution in [2.75, 3.05) is 32.8 Å². The molecule has 2 rings (SSSR count). The van der Waals surface area contributed by atoms with Crippen molar-refractivity contribution in [2.45, 2.75) is 32.1 Å². The Morgan fingerprint density at radius 2 is 1.70 bits per heavy atom. The maximum atomic E-state index is 12.5. The molecule has 1 unspecified atom stereocenters. The number of aliphatic carboxylic acids is 1. The molecule has 6 nitrogen and oxygen atoms in total. The van der Waals surface area contributed by atoms with Crippen LogP contribution in [0.15, 0.2) is 0 Å². The Balaban J connectivity index is 1.91. The number of carboxylic acid groups (broad SMARTS) is 1. The van der Waals surface area contributed by atoms with E-state index in [4.69, 9.17) is 10.2 Å². The van der Waals surface area contributed by atoms with Gasteiger partial charge >= 0.3 is 12.0 Å². The molecule has 0 bridgehead atoms. The Morgan fingerprint density at radius 3 is 2.35 bits per heavy atom. The molecule has 2 aliphatic heterocycles. The number of urea groups is 1. The summed E-state index contributed by atoms with van der Waals surface area (Å²) in [4.78, 5) is 27.0. The second-order valence-corrected chi connectivity index (χ2v) is 5.87. The first kappa shape index (κ1) is 15.1. The number of carbonyl (C=O) groups excluding carboxylic acids is 1. The van der Waals surface area contributed by atoms with Crippen LogP contribution in [0.25, 0.3) is 0 Å². The fourth-order valence-electron chi connectivity index (χ4n) is 3.21. The van der Waals surface area contributed by atoms with E-state index in [0.717, 1.165) is 32.2 Å². The van der Waals surface area contributed by atoms with Gasteiger partial charge in [0.05, 0.1) is 5.92 Å². The van der Waals surface area contributed by atoms with Crippen molar-refractivity contribution in [3.8, 4) is 0 Å². The van der Waals surface area contributed by atoms with Crippen LogP contribution in [0.3, 0.4) is 0 Å². The number of carboxylic acids is 1. The molecule has 2 atom stereocenters. The summed E-state index contributed by atoms with van der Waals surface area (Å²) in [5.41, 5.74) is 0. The van der Waals surface area contributed by atoms with E-state index in [9.17, 15) is 9.59 Å². The van der Waals surface area contributed by atoms with Gasteiger partial charge in [0.1, 0.15) is 0 Å². The average molecular weight is 284 g/mol. The lowest BCUT2D eigenvalue weighted by atomic mass is 9.95. The van der Waals surface area contributed by atoms with Gasteiger partial charge in [0, 0.05) is 32.8 Å². The van der Waals surface area contributed by atoms with Crippen molar-refractivity contribution >= 4 is 12.0 Å². The van der Waals surface area contributed by atoms with Gasteiger partial charge in [-0.25, -0.2) is 4.79 Å². The van der Waals surface area contributed by atoms with Gasteiger partial charge in [0.2, 0.25) is 0 Å². The maximum Gasteiger partial charge on any atom is 0.320 e. The van der Waals surface area contributed by atoms with Crippen LogP contribution in [0.2, 0.25) is 0 Å². The van der Waals surface area contributed by atoms with Crippen molar-refractivity contribution < 1.29 is 19.8 Å². The fraction of sp³-hybridized carbons (Fsp3) is 0.857. The molecule has 2 N–H and O–H groups in total. The fourth-order valence-corrected chi connectivity index (χ4v) is 3.21. The van der Waals surface area contributed by atoms with Crippen molar-refractivity contribution in [3.63, 3.8) is 0 Å². The largest absolute Gasteiger partial charge is 0.481 e. The Hall–Kier alpha value is -1.30. The molecule has 2 fully saturated rings. The molecule has 0 spiro atoms. The number of amides is 2. The number of rotatable bonds is 3. The molecule has 6 heteroatoms. The molecule has 2 aliphatic rings. The number of nitrogens with zero attached hydrogens (tertiary/aromatic N) is 2. The number of carbonyl (C=O) groups is 2. The Labute approximate surface area is 119 Å². The molecule has 2 amide bonds. The minimum absolute atomic E-state index is 0.0291. The van der Waals surface area contributed by atoms with Crippen LogP contribution in [0.5, 0.6) is 0 Å². The van der Waals surface area contributed by atoms with E-state index in [1.54, 1.807) is 4.90 Å². The zero-order valence-corrected chi connectivity index (χ0v) is 11.8. The van der Waals surface area contributed by atoms with Crippen molar-refractivity contribution in [1.82, 2.24) is 9.80 Å². The molecule has 0 aromatic carbocycles. The van der Waals surface area contributed by atoms with Crippen LogP contribution in [0, 0.1) is 11.8 Å². The number of hydrogen-bond donors (Lipinski definition) is 2. The van der Waals surface area contributed by atoms with Crippen molar-refractivity contribution in [1.29, 1.82) is 0 Å². The van der Waals surface area contributed by atoms with Crippen LogP contribution >= 0.6 is 0 Å². The normalized spacial score (nSPS) is 27.4. The lowest BCUT2D eigenvalue weighted by Gasteiger charge is -2.38. The number of piperidine rings is 2. The van der Waals surface area contributed by atoms with E-state index in [1.165, 1.54) is 0 Å². The van der Waals surface area contributed by atoms with Gasteiger partial charge in [0.25, 0.3) is 0 Å². The first-order valence-electron chi connectivity index (χ1n) is 7.49. The summed E-state index contributed by atoms with van der Waals surface area (Å²) in [5, 5.41) is 18.1. The first-order chi connectivity index (χ1) is 9.61. The highest BCUT2D eigenvalue weighted by molar-refractivity contribution is 5.76. The number of aliphatic hydroxyl groups excluding tert-OH is 1. The molecular formula is C14H24N2O4. The lowest BCUT2D eigenvalue weighted by Crippen LogP contribution is -2.51. The van der Waals surface area contributed by atoms with E-state index in [1.807, 2.05) is 4.90 Å². The predicted molar refractivity (Wildman–Crippen MR) is 73.3 cm³/mol. The molecule has 0 aromatic heterocycles. The summed E-state index contributed by atoms with van der Waals surface area (Å²) < 4.78 is 0. The van der Waals surface area contributed by atoms with Crippen LogP contribution in [-0.2, 0) is 4.79 Å². The zero-order chi connectivity index (χ0) is 14.5. The van der Waals surface area contributed by atoms with Gasteiger partial charge in [-0.2, -0.15) is 0 Å². The van der Waals surface area contributed by atoms with E-state index in [2.05, 4.69) is 0 Å². The summed E-state index contributed by atoms with van der Waals surface area (Å²) in [7, 11) is 0. The van der Waals surface area contributed by atoms with E-state index < -0.39 is 11.9 Å². The molecule has 0 aromatic rings. The van der Waals surface area contributed by atoms with Crippen molar-refractivity contribution in [2.24, 2.45) is 11.8 Å². The van der Waals surface area contributed by atoms with Gasteiger partial charge < -0.3 is 20.0 Å². The summed E-state index contributed by atoms with van der Waals surface area (Å²) in [6.07, 6.45) is 4.18. The first-order valence-corrected chi connectivity index (χ1v) is 7.49. The summed E-state index contributed by atoms with van der Waals surface area (Å²) in [6, 6.07) is -0.0291. The third-order valence-electron chi connectivity index (χ3n) is 4.37. The number of likely N-dealkylation sites (tertiary alicyclic amines) is 2. The van der Waals surface area contributed by atoms with Gasteiger partial charge in [-0.1, -0.05) is 0 Å². The maximum absolute atomic E-state index is 12.5. The molecule has 2 heterocycles. The lowest BCUT2D eigenvalue weighted by molar-refractivity contribution is -0.143. The highest BCUT2D eigenvalue weighted by atomic mass is 16.4. The van der Waals surface area contributed by atoms with E-state index in [-0.39, 0.29) is 12.6 Å². The topological polar surface area (TPSA) is 81.1 Å². The molecule has 114 valence electrons. The number of hydrogen-bond acceptors (Lipinski definition) is 3. The summed E-state index contributed by atoms with van der Waals surface area (Å²) in [6.45, 7) is 2.58. The summed E-state index contributed by atoms with van der Waals surface area (Å²) >= 11 is 0. The highest BCUT2D eigenvalue weighted by Crippen LogP contribution is 2.23. The van der Waals surface area contributed by atoms with Gasteiger partial charge in [-0.15, -0.1) is 0 Å². The molecule has 0 radical (unpaired) electrons. The number of aliphatic hydroxyl groups is 1. The van der Waals surface area contributed by atoms with E-state index in [0.29, 0.717) is 32.0 Å². The smallest absolute Gasteiger partial charge is 0.320 e. The third-order valence-corrected chi connectivity index (χ3v) is 4.37. The zero-order valence-electron chi connectivity index (χ0n) is 11.8. The van der Waals surface area contributed by atoms with Crippen LogP contribution in [0.1, 0.15) is 32.1 Å². The average Bonchev–Trinajstić information content (AvgIpc) is 2.47. The Morgan fingerprint density at radius 1 is 1.05 bits per heavy atom. The highest BCUT2D eigenvalue weighted by Gasteiger charge is 2.32. The van der Waals surface area contributed by atoms with Crippen LogP contribution in [-0.4, -0.2) is 64.8 Å². The van der Waals surface area contributed by atoms with Gasteiger partial charge in [-0.05, 0) is 38.0 Å². The van der Waals surface area contributed by atoms with Gasteiger partial charge in [0.15, 0.2) is 0 Å². The molecular weight excluding hydrogens is 260 g/mol. The molecule has 0 saturated carbocycles. The second-order valence-electron chi connectivity index (χ2n) is 5.87. The van der Waals surface area contributed by atoms with Crippen molar-refractivity contribution in [3.05, 3.63) is 0 Å². The SMILES string of the molecule is O=C(O)[C@H]1CCCN(C(=O)N2CCCC(CCO)C2)C1. The molecule has 20 heavy (non-hydrogen) atoms. The third kappa shape index (κ3) is 3.62. The van der Waals surface area contributed by atoms with Crippen LogP contribution < -0.4 is 0 Å². The summed E-state index contributed by atoms with van der Waals surface area (Å²) in [5.74, 6) is -0.859. The Bertz CT molecular complexity index is 359. The standard InChI is InChI=1S/C14H24N2O4/c17-8-5-11-3-1-6-15(9-11)14(20)16-7-2-4-12(10-16)13(18)19/h11-12,17H,1-10H2,(H,18,19)/t11?,12-/m0/s1. The Kier molecular flexibility index (Phi) is 5.23. The minimum atomic E-state index is -0.806. The monoisotopic (exact) mass is 284 g/mol. The molecule has 2 saturated heterocycles. The minimum Gasteiger partial charge on any atom is -0.481 e. The predicted octanol–water partition coefficient (Wildman–Crippen LogP) is 0.997. The molecule has 0 aliphatic carbocycles. The van der Waals surface area contributed by atoms with E-state index >= 15 is 0 Å².